The van der Waals surface area contributed by atoms with Crippen molar-refractivity contribution in [2.75, 3.05) is 0 Å². The van der Waals surface area contributed by atoms with Gasteiger partial charge >= 0.3 is 0 Å². The van der Waals surface area contributed by atoms with Crippen LogP contribution in [0.3, 0.4) is 0 Å². The number of para-hydroxylation sites is 3. The first-order chi connectivity index (χ1) is 15.2. The van der Waals surface area contributed by atoms with Gasteiger partial charge < -0.3 is 4.55 Å². The summed E-state index contributed by atoms with van der Waals surface area (Å²) in [7, 11) is -3.37. The van der Waals surface area contributed by atoms with Crippen LogP contribution in [-0.4, -0.2) is 23.4 Å². The van der Waals surface area contributed by atoms with Crippen molar-refractivity contribution in [3.8, 4) is 0 Å². The van der Waals surface area contributed by atoms with Gasteiger partial charge in [0.2, 0.25) is 11.0 Å². The molecule has 0 aliphatic heterocycles. The number of hydrogen-bond donors (Lipinski definition) is 0. The highest BCUT2D eigenvalue weighted by Crippen LogP contribution is 2.28. The van der Waals surface area contributed by atoms with Crippen LogP contribution in [0.1, 0.15) is 16.1 Å². The Balaban J connectivity index is 0.000000444. The standard InChI is InChI=1S/C24H19N2O.FHO3S/c1-16-15-17-9-3-6-12-20(17)26(16)24(27)23-18-10-4-7-13-21(18)25(2)22-14-8-5-11-19(22)23;1-5(2,3)4/h3-15H,1-2H3;(H,2,3,4)/q+1;/p-1. The fourth-order valence-corrected chi connectivity index (χ4v) is 4.13. The number of carbonyl (C=O) groups excluding carboxylic acids is 1. The summed E-state index contributed by atoms with van der Waals surface area (Å²) < 4.78 is 39.3. The van der Waals surface area contributed by atoms with E-state index in [9.17, 15) is 8.68 Å². The zero-order valence-corrected chi connectivity index (χ0v) is 18.1. The summed E-state index contributed by atoms with van der Waals surface area (Å²) in [5.74, 6) is 0.0155. The van der Waals surface area contributed by atoms with E-state index < -0.39 is 10.5 Å². The maximum Gasteiger partial charge on any atom is 0.264 e. The van der Waals surface area contributed by atoms with Gasteiger partial charge in [0.25, 0.3) is 16.4 Å². The van der Waals surface area contributed by atoms with Crippen molar-refractivity contribution in [1.29, 1.82) is 0 Å². The minimum atomic E-state index is -5.42. The van der Waals surface area contributed by atoms with Gasteiger partial charge in [-0.15, -0.1) is 3.89 Å². The maximum absolute atomic E-state index is 13.8. The summed E-state index contributed by atoms with van der Waals surface area (Å²) in [4.78, 5) is 13.8. The van der Waals surface area contributed by atoms with Gasteiger partial charge in [0.05, 0.1) is 21.9 Å². The molecular weight excluding hydrogens is 431 g/mol. The second kappa shape index (κ2) is 8.14. The van der Waals surface area contributed by atoms with Crippen molar-refractivity contribution in [3.63, 3.8) is 0 Å². The molecular formula is C24H19FN2O4S. The number of halogens is 1. The Morgan fingerprint density at radius 3 is 1.94 bits per heavy atom. The number of aromatic nitrogens is 2. The molecule has 5 aromatic rings. The Kier molecular flexibility index (Phi) is 5.50. The Hall–Kier alpha value is -3.62. The van der Waals surface area contributed by atoms with Gasteiger partial charge in [0.15, 0.2) is 0 Å². The number of benzene rings is 3. The van der Waals surface area contributed by atoms with Gasteiger partial charge in [-0.1, -0.05) is 42.5 Å². The Labute approximate surface area is 184 Å². The molecule has 32 heavy (non-hydrogen) atoms. The largest absolute Gasteiger partial charge is 0.722 e. The smallest absolute Gasteiger partial charge is 0.264 e. The Morgan fingerprint density at radius 1 is 0.906 bits per heavy atom. The van der Waals surface area contributed by atoms with Crippen LogP contribution in [0.25, 0.3) is 32.7 Å². The first-order valence-corrected chi connectivity index (χ1v) is 11.0. The maximum atomic E-state index is 13.8. The van der Waals surface area contributed by atoms with E-state index in [1.165, 1.54) is 0 Å². The zero-order chi connectivity index (χ0) is 23.0. The van der Waals surface area contributed by atoms with E-state index in [4.69, 9.17) is 13.0 Å². The normalized spacial score (nSPS) is 11.5. The number of pyridine rings is 1. The Morgan fingerprint density at radius 2 is 1.38 bits per heavy atom. The monoisotopic (exact) mass is 450 g/mol. The number of rotatable bonds is 1. The minimum absolute atomic E-state index is 0.0155. The zero-order valence-electron chi connectivity index (χ0n) is 17.3. The molecule has 0 saturated heterocycles. The van der Waals surface area contributed by atoms with Crippen LogP contribution >= 0.6 is 0 Å². The molecule has 0 bridgehead atoms. The molecule has 0 spiro atoms. The number of hydrogen-bond acceptors (Lipinski definition) is 4. The van der Waals surface area contributed by atoms with E-state index in [-0.39, 0.29) is 5.91 Å². The van der Waals surface area contributed by atoms with E-state index in [0.717, 1.165) is 44.0 Å². The Bertz CT molecular complexity index is 1540. The van der Waals surface area contributed by atoms with E-state index >= 15 is 0 Å². The lowest BCUT2D eigenvalue weighted by molar-refractivity contribution is -0.617. The van der Waals surface area contributed by atoms with Gasteiger partial charge in [0.1, 0.15) is 7.05 Å². The van der Waals surface area contributed by atoms with E-state index in [1.807, 2.05) is 72.2 Å². The van der Waals surface area contributed by atoms with Crippen LogP contribution in [0.4, 0.5) is 3.89 Å². The number of carbonyl (C=O) groups is 1. The molecule has 162 valence electrons. The predicted molar refractivity (Wildman–Crippen MR) is 120 cm³/mol. The average Bonchev–Trinajstić information content (AvgIpc) is 3.08. The summed E-state index contributed by atoms with van der Waals surface area (Å²) in [6, 6.07) is 26.3. The lowest BCUT2D eigenvalue weighted by atomic mass is 10.0. The summed E-state index contributed by atoms with van der Waals surface area (Å²) >= 11 is 0. The number of aryl methyl sites for hydroxylation is 2. The third kappa shape index (κ3) is 3.98. The summed E-state index contributed by atoms with van der Waals surface area (Å²) in [5.41, 5.74) is 4.75. The van der Waals surface area contributed by atoms with Crippen LogP contribution in [0.15, 0.2) is 78.9 Å². The molecule has 0 N–H and O–H groups in total. The second-order valence-corrected chi connectivity index (χ2v) is 8.13. The van der Waals surface area contributed by atoms with E-state index in [0.29, 0.717) is 0 Å². The molecule has 0 unspecified atom stereocenters. The summed E-state index contributed by atoms with van der Waals surface area (Å²) in [5, 5.41) is 3.03. The third-order valence-electron chi connectivity index (χ3n) is 5.38. The van der Waals surface area contributed by atoms with Crippen LogP contribution < -0.4 is 4.57 Å². The van der Waals surface area contributed by atoms with Crippen molar-refractivity contribution in [2.45, 2.75) is 6.92 Å². The molecule has 0 amide bonds. The topological polar surface area (TPSA) is 83.1 Å². The third-order valence-corrected chi connectivity index (χ3v) is 5.38. The van der Waals surface area contributed by atoms with Crippen LogP contribution in [0.2, 0.25) is 0 Å². The molecule has 2 heterocycles. The van der Waals surface area contributed by atoms with Gasteiger partial charge in [-0.3, -0.25) is 9.36 Å². The first kappa shape index (κ1) is 21.6. The van der Waals surface area contributed by atoms with Gasteiger partial charge in [-0.2, -0.15) is 4.57 Å². The van der Waals surface area contributed by atoms with Crippen molar-refractivity contribution in [3.05, 3.63) is 90.1 Å². The molecule has 6 nitrogen and oxygen atoms in total. The molecule has 0 aliphatic rings. The minimum Gasteiger partial charge on any atom is -0.722 e. The SMILES string of the molecule is Cc1cc2ccccc2n1C(=O)c1c2ccccc2[n+](C)c2ccccc12.O=S(=O)([O-])F. The van der Waals surface area contributed by atoms with Gasteiger partial charge in [-0.25, -0.2) is 8.42 Å². The first-order valence-electron chi connectivity index (χ1n) is 9.73. The highest BCUT2D eigenvalue weighted by Gasteiger charge is 2.24. The number of nitrogens with zero attached hydrogens (tertiary/aromatic N) is 2. The highest BCUT2D eigenvalue weighted by molar-refractivity contribution is 7.80. The van der Waals surface area contributed by atoms with Crippen molar-refractivity contribution in [1.82, 2.24) is 4.57 Å². The fraction of sp³-hybridized carbons (Fsp3) is 0.0833. The van der Waals surface area contributed by atoms with Crippen molar-refractivity contribution in [2.24, 2.45) is 7.05 Å². The van der Waals surface area contributed by atoms with E-state index in [1.54, 1.807) is 0 Å². The lowest BCUT2D eigenvalue weighted by Gasteiger charge is -2.12. The second-order valence-electron chi connectivity index (χ2n) is 7.35. The molecule has 8 heteroatoms. The molecule has 0 fully saturated rings. The van der Waals surface area contributed by atoms with Crippen LogP contribution in [-0.2, 0) is 17.6 Å². The highest BCUT2D eigenvalue weighted by atomic mass is 32.3. The van der Waals surface area contributed by atoms with Crippen LogP contribution in [0, 0.1) is 6.92 Å². The van der Waals surface area contributed by atoms with Crippen molar-refractivity contribution >= 4 is 49.1 Å². The number of fused-ring (bicyclic) bond motifs is 3. The average molecular weight is 450 g/mol. The van der Waals surface area contributed by atoms with Crippen molar-refractivity contribution < 1.29 is 26.2 Å². The molecule has 3 aromatic carbocycles. The molecule has 0 radical (unpaired) electrons. The predicted octanol–water partition coefficient (Wildman–Crippen LogP) is 4.19. The molecule has 0 saturated carbocycles. The molecule has 0 atom stereocenters. The summed E-state index contributed by atoms with van der Waals surface area (Å²) in [6.07, 6.45) is 0. The lowest BCUT2D eigenvalue weighted by Crippen LogP contribution is -2.31. The molecule has 2 aromatic heterocycles. The molecule has 0 aliphatic carbocycles. The quantitative estimate of drug-likeness (QED) is 0.166. The molecule has 5 rings (SSSR count). The van der Waals surface area contributed by atoms with E-state index in [2.05, 4.69) is 29.8 Å². The van der Waals surface area contributed by atoms with Gasteiger partial charge in [0, 0.05) is 23.2 Å². The van der Waals surface area contributed by atoms with Crippen LogP contribution in [0.5, 0.6) is 0 Å². The van der Waals surface area contributed by atoms with Gasteiger partial charge in [-0.05, 0) is 31.2 Å². The summed E-state index contributed by atoms with van der Waals surface area (Å²) in [6.45, 7) is 1.99. The fourth-order valence-electron chi connectivity index (χ4n) is 4.13.